The third kappa shape index (κ3) is 4.88. The molecule has 2 heteroatoms. The number of benzene rings is 9. The zero-order valence-electron chi connectivity index (χ0n) is 28.5. The van der Waals surface area contributed by atoms with E-state index in [9.17, 15) is 0 Å². The van der Waals surface area contributed by atoms with E-state index in [1.807, 2.05) is 0 Å². The minimum absolute atomic E-state index is 1.10. The minimum atomic E-state index is 1.10. The van der Waals surface area contributed by atoms with Crippen LogP contribution in [0.5, 0.6) is 0 Å². The molecule has 0 bridgehead atoms. The Morgan fingerprint density at radius 2 is 0.692 bits per heavy atom. The average molecular weight is 663 g/mol. The largest absolute Gasteiger partial charge is 0.310 e. The molecule has 0 saturated heterocycles. The Morgan fingerprint density at radius 3 is 1.25 bits per heavy atom. The second-order valence-electron chi connectivity index (χ2n) is 13.3. The molecule has 0 fully saturated rings. The van der Waals surface area contributed by atoms with Crippen molar-refractivity contribution in [1.29, 1.82) is 0 Å². The topological polar surface area (TPSA) is 8.17 Å². The normalized spacial score (nSPS) is 11.5. The highest BCUT2D eigenvalue weighted by molar-refractivity contribution is 6.21. The molecule has 0 N–H and O–H groups in total. The van der Waals surface area contributed by atoms with Crippen LogP contribution in [0.15, 0.2) is 206 Å². The predicted molar refractivity (Wildman–Crippen MR) is 221 cm³/mol. The smallest absolute Gasteiger partial charge is 0.0541 e. The SMILES string of the molecule is c1ccc(-c2c3ccccc3c(-c3cccc(N(c4ccccc4)c4ccc(-n5c6ccccc6c6ccccc65)cc4)c3)c3ccccc23)cc1. The van der Waals surface area contributed by atoms with E-state index in [0.29, 0.717) is 0 Å². The molecule has 0 atom stereocenters. The minimum Gasteiger partial charge on any atom is -0.310 e. The molecule has 52 heavy (non-hydrogen) atoms. The third-order valence-corrected chi connectivity index (χ3v) is 10.3. The van der Waals surface area contributed by atoms with Crippen molar-refractivity contribution in [2.75, 3.05) is 4.90 Å². The number of hydrogen-bond donors (Lipinski definition) is 0. The van der Waals surface area contributed by atoms with E-state index in [2.05, 4.69) is 216 Å². The van der Waals surface area contributed by atoms with Crippen LogP contribution in [0.25, 0.3) is 71.3 Å². The van der Waals surface area contributed by atoms with Crippen molar-refractivity contribution in [2.24, 2.45) is 0 Å². The summed E-state index contributed by atoms with van der Waals surface area (Å²) in [7, 11) is 0. The van der Waals surface area contributed by atoms with E-state index in [0.717, 1.165) is 22.7 Å². The first kappa shape index (κ1) is 30.0. The van der Waals surface area contributed by atoms with Gasteiger partial charge in [-0.3, -0.25) is 0 Å². The lowest BCUT2D eigenvalue weighted by molar-refractivity contribution is 1.17. The Balaban J connectivity index is 1.14. The van der Waals surface area contributed by atoms with Crippen molar-refractivity contribution in [1.82, 2.24) is 4.57 Å². The summed E-state index contributed by atoms with van der Waals surface area (Å²) in [5, 5.41) is 7.54. The predicted octanol–water partition coefficient (Wildman–Crippen LogP) is 13.9. The highest BCUT2D eigenvalue weighted by Crippen LogP contribution is 2.45. The molecule has 9 aromatic carbocycles. The lowest BCUT2D eigenvalue weighted by Gasteiger charge is -2.26. The second kappa shape index (κ2) is 12.5. The first-order valence-corrected chi connectivity index (χ1v) is 17.9. The monoisotopic (exact) mass is 662 g/mol. The van der Waals surface area contributed by atoms with Crippen LogP contribution in [0.3, 0.4) is 0 Å². The molecule has 10 aromatic rings. The van der Waals surface area contributed by atoms with Gasteiger partial charge in [0.25, 0.3) is 0 Å². The number of fused-ring (bicyclic) bond motifs is 5. The first-order valence-electron chi connectivity index (χ1n) is 17.9. The number of para-hydroxylation sites is 3. The maximum absolute atomic E-state index is 2.37. The molecule has 0 aliphatic rings. The number of anilines is 3. The maximum Gasteiger partial charge on any atom is 0.0541 e. The Hall–Kier alpha value is -6.90. The molecular weight excluding hydrogens is 629 g/mol. The Bertz CT molecular complexity index is 2780. The summed E-state index contributed by atoms with van der Waals surface area (Å²) in [4.78, 5) is 2.36. The zero-order valence-corrected chi connectivity index (χ0v) is 28.5. The van der Waals surface area contributed by atoms with Crippen molar-refractivity contribution >= 4 is 60.4 Å². The Morgan fingerprint density at radius 1 is 0.288 bits per heavy atom. The summed E-state index contributed by atoms with van der Waals surface area (Å²) in [5.74, 6) is 0. The fourth-order valence-corrected chi connectivity index (χ4v) is 8.13. The van der Waals surface area contributed by atoms with Gasteiger partial charge in [-0.15, -0.1) is 0 Å². The van der Waals surface area contributed by atoms with Gasteiger partial charge >= 0.3 is 0 Å². The molecule has 0 spiro atoms. The van der Waals surface area contributed by atoms with Gasteiger partial charge in [-0.1, -0.05) is 146 Å². The lowest BCUT2D eigenvalue weighted by Crippen LogP contribution is -2.10. The molecule has 0 unspecified atom stereocenters. The van der Waals surface area contributed by atoms with Crippen LogP contribution in [0.4, 0.5) is 17.1 Å². The molecule has 0 radical (unpaired) electrons. The van der Waals surface area contributed by atoms with Crippen molar-refractivity contribution in [3.63, 3.8) is 0 Å². The van der Waals surface area contributed by atoms with Gasteiger partial charge in [0.2, 0.25) is 0 Å². The maximum atomic E-state index is 2.37. The summed E-state index contributed by atoms with van der Waals surface area (Å²) in [6.07, 6.45) is 0. The second-order valence-corrected chi connectivity index (χ2v) is 13.3. The fraction of sp³-hybridized carbons (Fsp3) is 0. The van der Waals surface area contributed by atoms with Gasteiger partial charge in [0.15, 0.2) is 0 Å². The quantitative estimate of drug-likeness (QED) is 0.161. The molecule has 2 nitrogen and oxygen atoms in total. The van der Waals surface area contributed by atoms with Gasteiger partial charge in [-0.2, -0.15) is 0 Å². The average Bonchev–Trinajstić information content (AvgIpc) is 3.55. The van der Waals surface area contributed by atoms with Crippen LogP contribution >= 0.6 is 0 Å². The van der Waals surface area contributed by atoms with Gasteiger partial charge in [-0.05, 0) is 104 Å². The number of aromatic nitrogens is 1. The summed E-state index contributed by atoms with van der Waals surface area (Å²) in [6, 6.07) is 74.6. The molecule has 0 aliphatic carbocycles. The van der Waals surface area contributed by atoms with Crippen molar-refractivity contribution in [2.45, 2.75) is 0 Å². The van der Waals surface area contributed by atoms with E-state index in [1.54, 1.807) is 0 Å². The van der Waals surface area contributed by atoms with Crippen LogP contribution in [-0.2, 0) is 0 Å². The molecule has 1 heterocycles. The molecule has 1 aromatic heterocycles. The van der Waals surface area contributed by atoms with E-state index in [4.69, 9.17) is 0 Å². The number of hydrogen-bond acceptors (Lipinski definition) is 1. The van der Waals surface area contributed by atoms with E-state index < -0.39 is 0 Å². The molecule has 244 valence electrons. The van der Waals surface area contributed by atoms with Crippen LogP contribution in [0, 0.1) is 0 Å². The van der Waals surface area contributed by atoms with Crippen LogP contribution < -0.4 is 4.90 Å². The van der Waals surface area contributed by atoms with Crippen molar-refractivity contribution < 1.29 is 0 Å². The third-order valence-electron chi connectivity index (χ3n) is 10.3. The van der Waals surface area contributed by atoms with Gasteiger partial charge in [-0.25, -0.2) is 0 Å². The molecule has 0 saturated carbocycles. The van der Waals surface area contributed by atoms with E-state index in [1.165, 1.54) is 65.6 Å². The number of rotatable bonds is 6. The van der Waals surface area contributed by atoms with Gasteiger partial charge in [0, 0.05) is 33.5 Å². The molecule has 0 aliphatic heterocycles. The van der Waals surface area contributed by atoms with Gasteiger partial charge in [0.05, 0.1) is 11.0 Å². The highest BCUT2D eigenvalue weighted by atomic mass is 15.1. The summed E-state index contributed by atoms with van der Waals surface area (Å²) < 4.78 is 2.37. The summed E-state index contributed by atoms with van der Waals surface area (Å²) in [6.45, 7) is 0. The molecule has 0 amide bonds. The Kier molecular flexibility index (Phi) is 7.18. The fourth-order valence-electron chi connectivity index (χ4n) is 8.13. The zero-order chi connectivity index (χ0) is 34.4. The van der Waals surface area contributed by atoms with Crippen LogP contribution in [-0.4, -0.2) is 4.57 Å². The van der Waals surface area contributed by atoms with Crippen molar-refractivity contribution in [3.05, 3.63) is 206 Å². The first-order chi connectivity index (χ1) is 25.8. The Labute approximate surface area is 303 Å². The van der Waals surface area contributed by atoms with Crippen LogP contribution in [0.2, 0.25) is 0 Å². The number of nitrogens with zero attached hydrogens (tertiary/aromatic N) is 2. The van der Waals surface area contributed by atoms with E-state index >= 15 is 0 Å². The standard InChI is InChI=1S/C50H34N2/c1-3-16-35(17-4-1)49-43-24-7-9-26-45(43)50(46-27-10-8-25-44(46)49)36-18-15-21-40(34-36)51(37-19-5-2-6-20-37)38-30-32-39(33-31-38)52-47-28-13-11-22-41(47)42-23-12-14-29-48(42)52/h1-34H. The van der Waals surface area contributed by atoms with Crippen LogP contribution in [0.1, 0.15) is 0 Å². The summed E-state index contributed by atoms with van der Waals surface area (Å²) in [5.41, 5.74) is 11.8. The lowest BCUT2D eigenvalue weighted by atomic mass is 9.86. The molecular formula is C50H34N2. The van der Waals surface area contributed by atoms with Crippen molar-refractivity contribution in [3.8, 4) is 27.9 Å². The van der Waals surface area contributed by atoms with Gasteiger partial charge < -0.3 is 9.47 Å². The molecule has 10 rings (SSSR count). The summed E-state index contributed by atoms with van der Waals surface area (Å²) >= 11 is 0. The van der Waals surface area contributed by atoms with E-state index in [-0.39, 0.29) is 0 Å². The van der Waals surface area contributed by atoms with Gasteiger partial charge in [0.1, 0.15) is 0 Å². The highest BCUT2D eigenvalue weighted by Gasteiger charge is 2.19.